The van der Waals surface area contributed by atoms with E-state index >= 15 is 0 Å². The Labute approximate surface area is 115 Å². The quantitative estimate of drug-likeness (QED) is 0.705. The molecule has 0 aliphatic carbocycles. The Bertz CT molecular complexity index is 383. The third kappa shape index (κ3) is 3.27. The highest BCUT2D eigenvalue weighted by molar-refractivity contribution is 6.20. The van der Waals surface area contributed by atoms with Gasteiger partial charge in [0.1, 0.15) is 0 Å². The number of benzene rings is 1. The van der Waals surface area contributed by atoms with Crippen molar-refractivity contribution in [2.75, 3.05) is 6.61 Å². The van der Waals surface area contributed by atoms with Crippen molar-refractivity contribution in [3.05, 3.63) is 34.9 Å². The zero-order chi connectivity index (χ0) is 13.0. The number of alkyl halides is 1. The van der Waals surface area contributed by atoms with Gasteiger partial charge in [-0.1, -0.05) is 32.0 Å². The van der Waals surface area contributed by atoms with Crippen molar-refractivity contribution >= 4 is 11.6 Å². The molecule has 1 aromatic carbocycles. The van der Waals surface area contributed by atoms with Crippen LogP contribution >= 0.6 is 11.6 Å². The van der Waals surface area contributed by atoms with E-state index in [-0.39, 0.29) is 5.38 Å². The average Bonchev–Trinajstić information content (AvgIpc) is 2.90. The molecular weight excluding hydrogens is 244 g/mol. The fourth-order valence-electron chi connectivity index (χ4n) is 2.71. The number of aryl methyl sites for hydroxylation is 2. The Morgan fingerprint density at radius 1 is 1.28 bits per heavy atom. The minimum atomic E-state index is 0.0873. The Hall–Kier alpha value is -0.530. The lowest BCUT2D eigenvalue weighted by Gasteiger charge is -2.16. The first kappa shape index (κ1) is 13.9. The van der Waals surface area contributed by atoms with E-state index in [1.54, 1.807) is 0 Å². The lowest BCUT2D eigenvalue weighted by atomic mass is 9.96. The number of rotatable bonds is 5. The van der Waals surface area contributed by atoms with E-state index in [2.05, 4.69) is 32.0 Å². The van der Waals surface area contributed by atoms with Gasteiger partial charge in [0.15, 0.2) is 0 Å². The molecule has 1 saturated heterocycles. The standard InChI is InChI=1S/C16H23ClO/c1-3-12-7-8-14(10-13(12)4-2)16(17)11-15-6-5-9-18-15/h7-8,10,15-16H,3-6,9,11H2,1-2H3. The number of hydrogen-bond acceptors (Lipinski definition) is 1. The van der Waals surface area contributed by atoms with Gasteiger partial charge < -0.3 is 4.74 Å². The SMILES string of the molecule is CCc1ccc(C(Cl)CC2CCCO2)cc1CC. The summed E-state index contributed by atoms with van der Waals surface area (Å²) in [6.45, 7) is 5.32. The molecule has 1 aliphatic rings. The molecule has 18 heavy (non-hydrogen) atoms. The summed E-state index contributed by atoms with van der Waals surface area (Å²) in [4.78, 5) is 0. The van der Waals surface area contributed by atoms with Crippen molar-refractivity contribution in [3.63, 3.8) is 0 Å². The summed E-state index contributed by atoms with van der Waals surface area (Å²) < 4.78 is 5.66. The van der Waals surface area contributed by atoms with E-state index in [1.165, 1.54) is 23.1 Å². The normalized spacial score (nSPS) is 21.2. The summed E-state index contributed by atoms with van der Waals surface area (Å²) in [5, 5.41) is 0.0873. The predicted octanol–water partition coefficient (Wildman–Crippen LogP) is 4.66. The summed E-state index contributed by atoms with van der Waals surface area (Å²) in [6.07, 6.45) is 5.84. The second-order valence-corrected chi connectivity index (χ2v) is 5.60. The van der Waals surface area contributed by atoms with Crippen LogP contribution in [0, 0.1) is 0 Å². The van der Waals surface area contributed by atoms with E-state index in [0.717, 1.165) is 32.3 Å². The van der Waals surface area contributed by atoms with E-state index in [9.17, 15) is 0 Å². The van der Waals surface area contributed by atoms with Gasteiger partial charge in [0, 0.05) is 6.61 Å². The molecule has 2 unspecified atom stereocenters. The molecular formula is C16H23ClO. The zero-order valence-corrected chi connectivity index (χ0v) is 12.2. The third-order valence-electron chi connectivity index (χ3n) is 3.85. The largest absolute Gasteiger partial charge is 0.378 e. The van der Waals surface area contributed by atoms with Gasteiger partial charge in [-0.25, -0.2) is 0 Å². The maximum Gasteiger partial charge on any atom is 0.0610 e. The van der Waals surface area contributed by atoms with E-state index < -0.39 is 0 Å². The van der Waals surface area contributed by atoms with E-state index in [0.29, 0.717) is 6.10 Å². The third-order valence-corrected chi connectivity index (χ3v) is 4.28. The molecule has 0 spiro atoms. The summed E-state index contributed by atoms with van der Waals surface area (Å²) >= 11 is 6.53. The highest BCUT2D eigenvalue weighted by atomic mass is 35.5. The minimum Gasteiger partial charge on any atom is -0.378 e. The van der Waals surface area contributed by atoms with E-state index in [1.807, 2.05) is 0 Å². The van der Waals surface area contributed by atoms with Crippen molar-refractivity contribution in [2.45, 2.75) is 57.4 Å². The molecule has 0 amide bonds. The molecule has 0 radical (unpaired) electrons. The second-order valence-electron chi connectivity index (χ2n) is 5.07. The molecule has 1 nitrogen and oxygen atoms in total. The first-order valence-corrected chi connectivity index (χ1v) is 7.55. The fraction of sp³-hybridized carbons (Fsp3) is 0.625. The van der Waals surface area contributed by atoms with Crippen LogP contribution in [0.2, 0.25) is 0 Å². The van der Waals surface area contributed by atoms with Crippen LogP contribution in [0.25, 0.3) is 0 Å². The maximum atomic E-state index is 6.53. The van der Waals surface area contributed by atoms with Gasteiger partial charge in [-0.2, -0.15) is 0 Å². The Morgan fingerprint density at radius 2 is 2.06 bits per heavy atom. The minimum absolute atomic E-state index is 0.0873. The van der Waals surface area contributed by atoms with Gasteiger partial charge >= 0.3 is 0 Å². The van der Waals surface area contributed by atoms with Crippen LogP contribution in [0.4, 0.5) is 0 Å². The molecule has 100 valence electrons. The van der Waals surface area contributed by atoms with Gasteiger partial charge in [-0.05, 0) is 48.8 Å². The van der Waals surface area contributed by atoms with Gasteiger partial charge in [0.25, 0.3) is 0 Å². The first-order chi connectivity index (χ1) is 8.74. The van der Waals surface area contributed by atoms with Crippen molar-refractivity contribution < 1.29 is 4.74 Å². The molecule has 1 aliphatic heterocycles. The first-order valence-electron chi connectivity index (χ1n) is 7.12. The van der Waals surface area contributed by atoms with Crippen LogP contribution in [0.15, 0.2) is 18.2 Å². The Morgan fingerprint density at radius 3 is 2.67 bits per heavy atom. The van der Waals surface area contributed by atoms with Crippen LogP contribution in [0.5, 0.6) is 0 Å². The van der Waals surface area contributed by atoms with Crippen molar-refractivity contribution in [1.29, 1.82) is 0 Å². The molecule has 0 aromatic heterocycles. The van der Waals surface area contributed by atoms with Gasteiger partial charge in [0.05, 0.1) is 11.5 Å². The Kier molecular flexibility index (Phi) is 5.08. The van der Waals surface area contributed by atoms with Crippen LogP contribution < -0.4 is 0 Å². The van der Waals surface area contributed by atoms with Gasteiger partial charge in [-0.3, -0.25) is 0 Å². The van der Waals surface area contributed by atoms with Crippen LogP contribution in [-0.4, -0.2) is 12.7 Å². The number of halogens is 1. The van der Waals surface area contributed by atoms with E-state index in [4.69, 9.17) is 16.3 Å². The fourth-order valence-corrected chi connectivity index (χ4v) is 3.05. The van der Waals surface area contributed by atoms with Gasteiger partial charge in [0.2, 0.25) is 0 Å². The lowest BCUT2D eigenvalue weighted by molar-refractivity contribution is 0.103. The molecule has 2 atom stereocenters. The summed E-state index contributed by atoms with van der Waals surface area (Å²) in [5.74, 6) is 0. The maximum absolute atomic E-state index is 6.53. The number of hydrogen-bond donors (Lipinski definition) is 0. The van der Waals surface area contributed by atoms with Crippen LogP contribution in [-0.2, 0) is 17.6 Å². The topological polar surface area (TPSA) is 9.23 Å². The molecule has 2 heteroatoms. The summed E-state index contributed by atoms with van der Waals surface area (Å²) in [5.41, 5.74) is 4.14. The molecule has 1 heterocycles. The summed E-state index contributed by atoms with van der Waals surface area (Å²) in [7, 11) is 0. The van der Waals surface area contributed by atoms with Crippen molar-refractivity contribution in [3.8, 4) is 0 Å². The van der Waals surface area contributed by atoms with Crippen LogP contribution in [0.1, 0.15) is 55.2 Å². The van der Waals surface area contributed by atoms with Crippen molar-refractivity contribution in [1.82, 2.24) is 0 Å². The van der Waals surface area contributed by atoms with Crippen molar-refractivity contribution in [2.24, 2.45) is 0 Å². The zero-order valence-electron chi connectivity index (χ0n) is 11.4. The molecule has 2 rings (SSSR count). The molecule has 0 N–H and O–H groups in total. The number of ether oxygens (including phenoxy) is 1. The molecule has 0 bridgehead atoms. The monoisotopic (exact) mass is 266 g/mol. The Balaban J connectivity index is 2.06. The summed E-state index contributed by atoms with van der Waals surface area (Å²) in [6, 6.07) is 6.70. The highest BCUT2D eigenvalue weighted by Gasteiger charge is 2.20. The van der Waals surface area contributed by atoms with Crippen LogP contribution in [0.3, 0.4) is 0 Å². The average molecular weight is 267 g/mol. The lowest BCUT2D eigenvalue weighted by Crippen LogP contribution is -2.08. The smallest absolute Gasteiger partial charge is 0.0610 e. The predicted molar refractivity (Wildman–Crippen MR) is 77.4 cm³/mol. The highest BCUT2D eigenvalue weighted by Crippen LogP contribution is 2.31. The van der Waals surface area contributed by atoms with Gasteiger partial charge in [-0.15, -0.1) is 11.6 Å². The molecule has 0 saturated carbocycles. The second kappa shape index (κ2) is 6.58. The molecule has 1 aromatic rings. The molecule has 1 fully saturated rings.